The van der Waals surface area contributed by atoms with Crippen molar-refractivity contribution < 1.29 is 28.6 Å². The second-order valence-electron chi connectivity index (χ2n) is 21.3. The van der Waals surface area contributed by atoms with E-state index in [0.29, 0.717) is 19.3 Å². The van der Waals surface area contributed by atoms with Gasteiger partial charge in [-0.2, -0.15) is 0 Å². The van der Waals surface area contributed by atoms with Crippen LogP contribution >= 0.6 is 0 Å². The third kappa shape index (κ3) is 61.3. The summed E-state index contributed by atoms with van der Waals surface area (Å²) in [5.74, 6) is -0.907. The van der Waals surface area contributed by atoms with Crippen LogP contribution in [0, 0.1) is 0 Å². The molecule has 0 aromatic carbocycles. The van der Waals surface area contributed by atoms with Gasteiger partial charge in [0.15, 0.2) is 6.10 Å². The molecule has 6 heteroatoms. The van der Waals surface area contributed by atoms with Gasteiger partial charge in [-0.3, -0.25) is 14.4 Å². The highest BCUT2D eigenvalue weighted by Crippen LogP contribution is 2.16. The van der Waals surface area contributed by atoms with Crippen molar-refractivity contribution in [2.45, 2.75) is 322 Å². The van der Waals surface area contributed by atoms with Crippen LogP contribution in [0.1, 0.15) is 316 Å². The lowest BCUT2D eigenvalue weighted by Gasteiger charge is -2.18. The van der Waals surface area contributed by atoms with Crippen molar-refractivity contribution in [2.24, 2.45) is 0 Å². The van der Waals surface area contributed by atoms with Gasteiger partial charge in [-0.05, 0) is 96.3 Å². The Hall–Kier alpha value is -3.41. The van der Waals surface area contributed by atoms with Crippen LogP contribution in [0.3, 0.4) is 0 Å². The number of unbranched alkanes of at least 4 members (excludes halogenated alkanes) is 33. The van der Waals surface area contributed by atoms with Crippen molar-refractivity contribution >= 4 is 17.9 Å². The van der Waals surface area contributed by atoms with E-state index in [1.54, 1.807) is 0 Å². The van der Waals surface area contributed by atoms with Gasteiger partial charge in [-0.25, -0.2) is 0 Å². The number of allylic oxidation sites excluding steroid dienone is 14. The van der Waals surface area contributed by atoms with Crippen molar-refractivity contribution in [3.05, 3.63) is 85.1 Å². The molecular weight excluding hydrogens is 925 g/mol. The molecular formula is C69H120O6. The zero-order valence-electron chi connectivity index (χ0n) is 49.6. The summed E-state index contributed by atoms with van der Waals surface area (Å²) in [5, 5.41) is 0. The van der Waals surface area contributed by atoms with E-state index in [9.17, 15) is 14.4 Å². The molecule has 0 aliphatic rings. The fourth-order valence-electron chi connectivity index (χ4n) is 9.09. The van der Waals surface area contributed by atoms with Crippen LogP contribution < -0.4 is 0 Å². The summed E-state index contributed by atoms with van der Waals surface area (Å²) in [4.78, 5) is 38.1. The molecule has 0 aromatic heterocycles. The summed E-state index contributed by atoms with van der Waals surface area (Å²) in [5.41, 5.74) is 0. The molecule has 0 heterocycles. The van der Waals surface area contributed by atoms with E-state index in [2.05, 4.69) is 106 Å². The number of carbonyl (C=O) groups is 3. The quantitative estimate of drug-likeness (QED) is 0.0261. The first-order valence-corrected chi connectivity index (χ1v) is 32.1. The predicted molar refractivity (Wildman–Crippen MR) is 325 cm³/mol. The number of hydrogen-bond donors (Lipinski definition) is 0. The molecule has 1 unspecified atom stereocenters. The summed E-state index contributed by atoms with van der Waals surface area (Å²) < 4.78 is 16.8. The lowest BCUT2D eigenvalue weighted by Crippen LogP contribution is -2.30. The van der Waals surface area contributed by atoms with Crippen LogP contribution in [-0.2, 0) is 28.6 Å². The van der Waals surface area contributed by atoms with Crippen molar-refractivity contribution in [1.82, 2.24) is 0 Å². The highest BCUT2D eigenvalue weighted by atomic mass is 16.6. The minimum absolute atomic E-state index is 0.0848. The molecule has 0 aliphatic heterocycles. The lowest BCUT2D eigenvalue weighted by atomic mass is 10.0. The maximum atomic E-state index is 12.8. The Morgan fingerprint density at radius 1 is 0.280 bits per heavy atom. The normalized spacial score (nSPS) is 12.6. The first-order valence-electron chi connectivity index (χ1n) is 32.1. The highest BCUT2D eigenvalue weighted by molar-refractivity contribution is 5.71. The largest absolute Gasteiger partial charge is 0.462 e. The fraction of sp³-hybridized carbons (Fsp3) is 0.754. The second kappa shape index (κ2) is 63.1. The third-order valence-corrected chi connectivity index (χ3v) is 13.9. The Morgan fingerprint density at radius 3 is 0.827 bits per heavy atom. The average Bonchev–Trinajstić information content (AvgIpc) is 3.41. The predicted octanol–water partition coefficient (Wildman–Crippen LogP) is 21.9. The molecule has 75 heavy (non-hydrogen) atoms. The summed E-state index contributed by atoms with van der Waals surface area (Å²) in [7, 11) is 0. The van der Waals surface area contributed by atoms with E-state index >= 15 is 0 Å². The zero-order valence-corrected chi connectivity index (χ0v) is 49.6. The maximum Gasteiger partial charge on any atom is 0.306 e. The summed E-state index contributed by atoms with van der Waals surface area (Å²) >= 11 is 0. The summed E-state index contributed by atoms with van der Waals surface area (Å²) in [6, 6.07) is 0. The molecule has 432 valence electrons. The van der Waals surface area contributed by atoms with Gasteiger partial charge in [-0.15, -0.1) is 0 Å². The standard InChI is InChI=1S/C69H120O6/c1-4-7-10-13-16-18-20-22-24-26-28-30-32-33-34-35-37-38-40-42-44-46-48-50-53-56-59-62-68(71)74-65-66(64-73-67(70)61-58-55-52-15-12-9-6-3)75-69(72)63-60-57-54-51-49-47-45-43-41-39-36-31-29-27-25-23-21-19-17-14-11-8-5-2/h8,11,17,19,23,25-26,28-29,31,39,41,45,47,66H,4-7,9-10,12-16,18,20-22,24,27,30,32-38,40,42-44,46,48-65H2,1-3H3/b11-8-,19-17-,25-23-,28-26-,31-29-,41-39-,47-45-. The Labute approximate surface area is 465 Å². The first-order chi connectivity index (χ1) is 37.0. The molecule has 1 atom stereocenters. The Kier molecular flexibility index (Phi) is 60.3. The van der Waals surface area contributed by atoms with Gasteiger partial charge in [0.1, 0.15) is 13.2 Å². The first kappa shape index (κ1) is 71.6. The van der Waals surface area contributed by atoms with E-state index in [4.69, 9.17) is 14.2 Å². The number of esters is 3. The molecule has 0 saturated carbocycles. The van der Waals surface area contributed by atoms with E-state index in [0.717, 1.165) is 109 Å². The van der Waals surface area contributed by atoms with Crippen molar-refractivity contribution in [3.8, 4) is 0 Å². The van der Waals surface area contributed by atoms with Crippen LogP contribution in [0.25, 0.3) is 0 Å². The Balaban J connectivity index is 4.16. The van der Waals surface area contributed by atoms with Gasteiger partial charge >= 0.3 is 17.9 Å². The average molecular weight is 1050 g/mol. The molecule has 0 saturated heterocycles. The van der Waals surface area contributed by atoms with Crippen molar-refractivity contribution in [3.63, 3.8) is 0 Å². The number of hydrogen-bond acceptors (Lipinski definition) is 6. The van der Waals surface area contributed by atoms with E-state index in [1.165, 1.54) is 167 Å². The number of carbonyl (C=O) groups excluding carboxylic acids is 3. The van der Waals surface area contributed by atoms with E-state index < -0.39 is 6.10 Å². The van der Waals surface area contributed by atoms with Crippen LogP contribution in [-0.4, -0.2) is 37.2 Å². The lowest BCUT2D eigenvalue weighted by molar-refractivity contribution is -0.167. The van der Waals surface area contributed by atoms with Gasteiger partial charge in [-0.1, -0.05) is 286 Å². The fourth-order valence-corrected chi connectivity index (χ4v) is 9.09. The second-order valence-corrected chi connectivity index (χ2v) is 21.3. The third-order valence-electron chi connectivity index (χ3n) is 13.9. The van der Waals surface area contributed by atoms with Crippen molar-refractivity contribution in [2.75, 3.05) is 13.2 Å². The molecule has 0 aliphatic carbocycles. The molecule has 0 spiro atoms. The van der Waals surface area contributed by atoms with Gasteiger partial charge in [0.25, 0.3) is 0 Å². The van der Waals surface area contributed by atoms with Gasteiger partial charge < -0.3 is 14.2 Å². The summed E-state index contributed by atoms with van der Waals surface area (Å²) in [6.45, 7) is 6.49. The van der Waals surface area contributed by atoms with Crippen LogP contribution in [0.4, 0.5) is 0 Å². The number of ether oxygens (including phenoxy) is 3. The summed E-state index contributed by atoms with van der Waals surface area (Å²) in [6.07, 6.45) is 83.4. The van der Waals surface area contributed by atoms with Crippen LogP contribution in [0.2, 0.25) is 0 Å². The SMILES string of the molecule is CC/C=C\C/C=C\C/C=C\C/C=C\C/C=C\C/C=C\CCCCCCC(=O)OC(COC(=O)CCCCCCCCC)COC(=O)CCCCCCCCCCCCCCCCC/C=C\CCCCCCCCCC. The molecule has 0 bridgehead atoms. The van der Waals surface area contributed by atoms with Crippen LogP contribution in [0.5, 0.6) is 0 Å². The Morgan fingerprint density at radius 2 is 0.520 bits per heavy atom. The molecule has 6 nitrogen and oxygen atoms in total. The molecule has 0 N–H and O–H groups in total. The highest BCUT2D eigenvalue weighted by Gasteiger charge is 2.19. The van der Waals surface area contributed by atoms with Crippen LogP contribution in [0.15, 0.2) is 85.1 Å². The van der Waals surface area contributed by atoms with E-state index in [1.807, 2.05) is 0 Å². The van der Waals surface area contributed by atoms with Gasteiger partial charge in [0.05, 0.1) is 0 Å². The van der Waals surface area contributed by atoms with Gasteiger partial charge in [0.2, 0.25) is 0 Å². The molecule has 0 radical (unpaired) electrons. The molecule has 0 amide bonds. The smallest absolute Gasteiger partial charge is 0.306 e. The number of rotatable bonds is 58. The minimum atomic E-state index is -0.788. The molecule has 0 rings (SSSR count). The van der Waals surface area contributed by atoms with Gasteiger partial charge in [0, 0.05) is 19.3 Å². The topological polar surface area (TPSA) is 78.9 Å². The molecule has 0 aromatic rings. The van der Waals surface area contributed by atoms with E-state index in [-0.39, 0.29) is 31.1 Å². The monoisotopic (exact) mass is 1040 g/mol. The minimum Gasteiger partial charge on any atom is -0.462 e. The Bertz CT molecular complexity index is 1430. The molecule has 0 fully saturated rings. The van der Waals surface area contributed by atoms with Crippen molar-refractivity contribution in [1.29, 1.82) is 0 Å². The maximum absolute atomic E-state index is 12.8. The zero-order chi connectivity index (χ0) is 54.3.